The van der Waals surface area contributed by atoms with Gasteiger partial charge >= 0.3 is 0 Å². The molecule has 3 aromatic rings. The summed E-state index contributed by atoms with van der Waals surface area (Å²) >= 11 is 1.68. The first-order chi connectivity index (χ1) is 15.4. The first kappa shape index (κ1) is 23.9. The van der Waals surface area contributed by atoms with Gasteiger partial charge in [-0.2, -0.15) is 4.98 Å². The van der Waals surface area contributed by atoms with Crippen molar-refractivity contribution in [2.75, 3.05) is 19.8 Å². The number of carbonyl (C=O) groups is 1. The van der Waals surface area contributed by atoms with Gasteiger partial charge in [-0.3, -0.25) is 4.79 Å². The van der Waals surface area contributed by atoms with Gasteiger partial charge in [-0.25, -0.2) is 0 Å². The molecule has 0 aliphatic heterocycles. The van der Waals surface area contributed by atoms with Crippen LogP contribution in [0.5, 0.6) is 5.75 Å². The first-order valence-corrected chi connectivity index (χ1v) is 11.5. The minimum Gasteiger partial charge on any atom is -0.490 e. The zero-order chi connectivity index (χ0) is 23.1. The molecule has 0 spiro atoms. The molecule has 1 amide bonds. The fourth-order valence-corrected chi connectivity index (χ4v) is 4.22. The van der Waals surface area contributed by atoms with E-state index < -0.39 is 18.6 Å². The minimum absolute atomic E-state index is 0.00405. The number of aliphatic hydroxyl groups is 2. The van der Waals surface area contributed by atoms with Crippen LogP contribution in [-0.2, 0) is 11.2 Å². The molecule has 32 heavy (non-hydrogen) atoms. The van der Waals surface area contributed by atoms with E-state index >= 15 is 0 Å². The van der Waals surface area contributed by atoms with Crippen LogP contribution in [0, 0.1) is 13.8 Å². The fraction of sp³-hybridized carbons (Fsp3) is 0.435. The summed E-state index contributed by atoms with van der Waals surface area (Å²) in [5.41, 5.74) is 2.56. The highest BCUT2D eigenvalue weighted by molar-refractivity contribution is 7.15. The molecule has 172 valence electrons. The van der Waals surface area contributed by atoms with Gasteiger partial charge in [0.2, 0.25) is 11.7 Å². The molecule has 2 aromatic heterocycles. The van der Waals surface area contributed by atoms with E-state index in [0.717, 1.165) is 40.8 Å². The van der Waals surface area contributed by atoms with E-state index in [4.69, 9.17) is 14.4 Å². The third kappa shape index (κ3) is 6.15. The van der Waals surface area contributed by atoms with E-state index in [2.05, 4.69) is 28.4 Å². The minimum atomic E-state index is -0.892. The van der Waals surface area contributed by atoms with E-state index in [1.165, 1.54) is 4.88 Å². The van der Waals surface area contributed by atoms with Crippen LogP contribution in [0.2, 0.25) is 0 Å². The van der Waals surface area contributed by atoms with Crippen LogP contribution in [0.4, 0.5) is 0 Å². The lowest BCUT2D eigenvalue weighted by Gasteiger charge is -2.16. The summed E-state index contributed by atoms with van der Waals surface area (Å²) in [6.45, 7) is 5.40. The molecule has 1 aromatic carbocycles. The summed E-state index contributed by atoms with van der Waals surface area (Å²) in [5, 5.41) is 25.2. The van der Waals surface area contributed by atoms with Crippen LogP contribution in [0.15, 0.2) is 28.8 Å². The van der Waals surface area contributed by atoms with Gasteiger partial charge in [0.05, 0.1) is 4.88 Å². The molecule has 0 radical (unpaired) electrons. The van der Waals surface area contributed by atoms with Crippen LogP contribution in [-0.4, -0.2) is 52.1 Å². The number of ether oxygens (including phenoxy) is 1. The maximum Gasteiger partial charge on any atom is 0.268 e. The third-order valence-corrected chi connectivity index (χ3v) is 6.03. The number of nitrogens with one attached hydrogen (secondary N) is 1. The Kier molecular flexibility index (Phi) is 8.38. The van der Waals surface area contributed by atoms with Gasteiger partial charge in [0, 0.05) is 17.0 Å². The number of rotatable bonds is 11. The van der Waals surface area contributed by atoms with Crippen LogP contribution in [0.3, 0.4) is 0 Å². The lowest BCUT2D eigenvalue weighted by Crippen LogP contribution is -2.36. The van der Waals surface area contributed by atoms with Gasteiger partial charge in [-0.1, -0.05) is 18.5 Å². The maximum atomic E-state index is 11.1. The highest BCUT2D eigenvalue weighted by Crippen LogP contribution is 2.32. The fourth-order valence-electron chi connectivity index (χ4n) is 3.25. The molecule has 3 rings (SSSR count). The smallest absolute Gasteiger partial charge is 0.268 e. The Balaban J connectivity index is 1.67. The summed E-state index contributed by atoms with van der Waals surface area (Å²) < 4.78 is 11.3. The number of benzene rings is 1. The van der Waals surface area contributed by atoms with Gasteiger partial charge in [-0.15, -0.1) is 11.3 Å². The molecule has 3 N–H and O–H groups in total. The molecule has 0 aliphatic rings. The number of unbranched alkanes of at least 4 members (excludes halogenated alkanes) is 1. The number of amides is 1. The first-order valence-electron chi connectivity index (χ1n) is 10.6. The van der Waals surface area contributed by atoms with Crippen molar-refractivity contribution in [3.05, 3.63) is 40.3 Å². The number of thiophene rings is 1. The van der Waals surface area contributed by atoms with E-state index in [1.54, 1.807) is 11.3 Å². The van der Waals surface area contributed by atoms with Crippen molar-refractivity contribution in [2.45, 2.75) is 46.1 Å². The summed E-state index contributed by atoms with van der Waals surface area (Å²) in [4.78, 5) is 17.9. The van der Waals surface area contributed by atoms with Crippen molar-refractivity contribution in [2.24, 2.45) is 0 Å². The van der Waals surface area contributed by atoms with Crippen molar-refractivity contribution < 1.29 is 24.3 Å². The highest BCUT2D eigenvalue weighted by atomic mass is 32.1. The molecule has 0 bridgehead atoms. The van der Waals surface area contributed by atoms with Crippen LogP contribution in [0.25, 0.3) is 22.2 Å². The number of hydrogen-bond acceptors (Lipinski definition) is 8. The maximum absolute atomic E-state index is 11.1. The molecule has 0 aliphatic carbocycles. The SMILES string of the molecule is CCCCc1ccc(-c2nc(-c3cc(C)c(OCC(O)CNC(=O)CO)c(C)c3)no2)s1. The summed E-state index contributed by atoms with van der Waals surface area (Å²) in [6.07, 6.45) is 2.49. The van der Waals surface area contributed by atoms with Gasteiger partial charge in [0.15, 0.2) is 0 Å². The monoisotopic (exact) mass is 459 g/mol. The summed E-state index contributed by atoms with van der Waals surface area (Å²) in [6, 6.07) is 7.97. The predicted octanol–water partition coefficient (Wildman–Crippen LogP) is 3.27. The van der Waals surface area contributed by atoms with Gasteiger partial charge in [0.1, 0.15) is 25.1 Å². The summed E-state index contributed by atoms with van der Waals surface area (Å²) in [7, 11) is 0. The highest BCUT2D eigenvalue weighted by Gasteiger charge is 2.16. The quantitative estimate of drug-likeness (QED) is 0.403. The standard InChI is InChI=1S/C23H29N3O5S/c1-4-5-6-18-7-8-19(32-18)23-25-22(26-31-23)16-9-14(2)21(15(3)10-16)30-13-17(28)11-24-20(29)12-27/h7-10,17,27-28H,4-6,11-13H2,1-3H3,(H,24,29). The van der Waals surface area contributed by atoms with Crippen LogP contribution >= 0.6 is 11.3 Å². The van der Waals surface area contributed by atoms with Crippen LogP contribution in [0.1, 0.15) is 35.8 Å². The zero-order valence-corrected chi connectivity index (χ0v) is 19.4. The van der Waals surface area contributed by atoms with E-state index in [-0.39, 0.29) is 13.2 Å². The third-order valence-electron chi connectivity index (χ3n) is 4.89. The second kappa shape index (κ2) is 11.2. The summed E-state index contributed by atoms with van der Waals surface area (Å²) in [5.74, 6) is 1.13. The van der Waals surface area contributed by atoms with E-state index in [0.29, 0.717) is 17.5 Å². The molecule has 0 fully saturated rings. The Hall–Kier alpha value is -2.75. The van der Waals surface area contributed by atoms with Crippen molar-refractivity contribution >= 4 is 17.2 Å². The molecule has 1 unspecified atom stereocenters. The van der Waals surface area contributed by atoms with Gasteiger partial charge < -0.3 is 24.8 Å². The van der Waals surface area contributed by atoms with Crippen molar-refractivity contribution in [3.63, 3.8) is 0 Å². The number of nitrogens with zero attached hydrogens (tertiary/aromatic N) is 2. The molecule has 0 saturated heterocycles. The lowest BCUT2D eigenvalue weighted by atomic mass is 10.1. The number of hydrogen-bond donors (Lipinski definition) is 3. The molecule has 1 atom stereocenters. The Morgan fingerprint density at radius 3 is 2.72 bits per heavy atom. The Labute approximate surface area is 191 Å². The molecular weight excluding hydrogens is 430 g/mol. The van der Waals surface area contributed by atoms with E-state index in [9.17, 15) is 9.90 Å². The lowest BCUT2D eigenvalue weighted by molar-refractivity contribution is -0.124. The largest absolute Gasteiger partial charge is 0.490 e. The number of carbonyl (C=O) groups excluding carboxylic acids is 1. The second-order valence-electron chi connectivity index (χ2n) is 7.66. The predicted molar refractivity (Wildman–Crippen MR) is 123 cm³/mol. The second-order valence-corrected chi connectivity index (χ2v) is 8.83. The van der Waals surface area contributed by atoms with Gasteiger partial charge in [0.25, 0.3) is 5.89 Å². The topological polar surface area (TPSA) is 118 Å². The average Bonchev–Trinajstić information content (AvgIpc) is 3.45. The Morgan fingerprint density at radius 2 is 2.03 bits per heavy atom. The normalized spacial score (nSPS) is 12.0. The average molecular weight is 460 g/mol. The number of aryl methyl sites for hydroxylation is 3. The van der Waals surface area contributed by atoms with Crippen molar-refractivity contribution in [1.82, 2.24) is 15.5 Å². The van der Waals surface area contributed by atoms with Crippen LogP contribution < -0.4 is 10.1 Å². The van der Waals surface area contributed by atoms with Crippen molar-refractivity contribution in [1.29, 1.82) is 0 Å². The molecule has 2 heterocycles. The zero-order valence-electron chi connectivity index (χ0n) is 18.6. The number of aromatic nitrogens is 2. The van der Waals surface area contributed by atoms with E-state index in [1.807, 2.05) is 32.0 Å². The molecule has 8 nitrogen and oxygen atoms in total. The molecule has 0 saturated carbocycles. The van der Waals surface area contributed by atoms with Gasteiger partial charge in [-0.05, 0) is 62.1 Å². The Bertz CT molecular complexity index is 1020. The Morgan fingerprint density at radius 1 is 1.28 bits per heavy atom. The number of aliphatic hydroxyl groups excluding tert-OH is 2. The molecular formula is C23H29N3O5S. The molecule has 9 heteroatoms. The van der Waals surface area contributed by atoms with Crippen molar-refractivity contribution in [3.8, 4) is 27.9 Å².